The maximum absolute atomic E-state index is 13.0. The van der Waals surface area contributed by atoms with Crippen molar-refractivity contribution in [3.63, 3.8) is 0 Å². The number of carbonyl (C=O) groups is 3. The van der Waals surface area contributed by atoms with Crippen LogP contribution in [0.5, 0.6) is 0 Å². The number of likely N-dealkylation sites (N-methyl/N-ethyl adjacent to an activating group) is 1. The number of aliphatic carboxylic acids is 1. The van der Waals surface area contributed by atoms with Gasteiger partial charge in [-0.3, -0.25) is 9.59 Å². The fourth-order valence-electron chi connectivity index (χ4n) is 10.7. The van der Waals surface area contributed by atoms with E-state index in [1.165, 1.54) is 218 Å². The van der Waals surface area contributed by atoms with Gasteiger partial charge in [0.1, 0.15) is 13.2 Å². The van der Waals surface area contributed by atoms with Crippen LogP contribution in [0.25, 0.3) is 0 Å². The van der Waals surface area contributed by atoms with Crippen LogP contribution >= 0.6 is 0 Å². The first-order chi connectivity index (χ1) is 44.6. The minimum atomic E-state index is -1.51. The third-order valence-electron chi connectivity index (χ3n) is 16.5. The molecule has 2 unspecified atom stereocenters. The second-order valence-electron chi connectivity index (χ2n) is 26.6. The molecule has 9 nitrogen and oxygen atoms in total. The van der Waals surface area contributed by atoms with E-state index in [2.05, 4.69) is 123 Å². The molecule has 0 aromatic heterocycles. The molecule has 0 aliphatic heterocycles. The Morgan fingerprint density at radius 3 is 0.934 bits per heavy atom. The zero-order valence-corrected chi connectivity index (χ0v) is 60.0. The van der Waals surface area contributed by atoms with Crippen LogP contribution < -0.4 is 0 Å². The van der Waals surface area contributed by atoms with Gasteiger partial charge >= 0.3 is 17.9 Å². The number of hydrogen-bond acceptors (Lipinski definition) is 7. The van der Waals surface area contributed by atoms with Gasteiger partial charge in [-0.25, -0.2) is 4.79 Å². The molecule has 2 atom stereocenters. The first kappa shape index (κ1) is 87.0. The van der Waals surface area contributed by atoms with Crippen molar-refractivity contribution in [3.8, 4) is 0 Å². The number of carbonyl (C=O) groups excluding carboxylic acids is 2. The van der Waals surface area contributed by atoms with Crippen molar-refractivity contribution in [2.45, 2.75) is 347 Å². The maximum atomic E-state index is 13.0. The van der Waals surface area contributed by atoms with Crippen LogP contribution in [0.3, 0.4) is 0 Å². The van der Waals surface area contributed by atoms with Gasteiger partial charge in [-0.2, -0.15) is 0 Å². The highest BCUT2D eigenvalue weighted by molar-refractivity contribution is 5.71. The van der Waals surface area contributed by atoms with Gasteiger partial charge in [0, 0.05) is 12.8 Å². The standard InChI is InChI=1S/C82H143NO8/c1-6-8-10-12-14-16-18-20-22-24-26-28-30-32-34-36-38-39-40-41-43-45-47-49-51-53-55-57-59-61-63-65-67-69-71-73-80(85)91-78(77-90-82(81(86)87)88-75-74-83(3,4)5)76-89-79(84)72-70-68-66-64-62-60-58-56-54-52-50-48-46-44-42-37-35-33-31-29-27-25-23-21-19-17-15-13-11-9-7-2/h8,10,14,16,19-22,25-28,31-34,38-39,78,82H,6-7,9,11-13,15,17-18,23-24,29-30,35-37,40-77H2,1-5H3/p+1/b10-8-,16-14-,21-19-,22-20-,27-25-,28-26-,33-31-,34-32-,39-38-. The van der Waals surface area contributed by atoms with Crippen molar-refractivity contribution in [2.24, 2.45) is 0 Å². The lowest BCUT2D eigenvalue weighted by Gasteiger charge is -2.25. The van der Waals surface area contributed by atoms with Gasteiger partial charge in [0.25, 0.3) is 6.29 Å². The van der Waals surface area contributed by atoms with Crippen molar-refractivity contribution >= 4 is 17.9 Å². The molecule has 0 aromatic rings. The van der Waals surface area contributed by atoms with E-state index in [0.29, 0.717) is 17.4 Å². The van der Waals surface area contributed by atoms with E-state index in [-0.39, 0.29) is 32.2 Å². The summed E-state index contributed by atoms with van der Waals surface area (Å²) in [5.41, 5.74) is 0. The quantitative estimate of drug-likeness (QED) is 0.0211. The summed E-state index contributed by atoms with van der Waals surface area (Å²) in [6.45, 7) is 4.79. The van der Waals surface area contributed by atoms with Crippen LogP contribution in [0.1, 0.15) is 335 Å². The maximum Gasteiger partial charge on any atom is 0.361 e. The topological polar surface area (TPSA) is 108 Å². The third kappa shape index (κ3) is 73.2. The minimum Gasteiger partial charge on any atom is -0.477 e. The molecule has 1 N–H and O–H groups in total. The number of esters is 2. The molecule has 0 saturated carbocycles. The Balaban J connectivity index is 4.06. The van der Waals surface area contributed by atoms with E-state index < -0.39 is 24.3 Å². The van der Waals surface area contributed by atoms with E-state index in [4.69, 9.17) is 18.9 Å². The molecule has 91 heavy (non-hydrogen) atoms. The number of hydrogen-bond donors (Lipinski definition) is 1. The summed E-state index contributed by atoms with van der Waals surface area (Å²) in [6, 6.07) is 0. The van der Waals surface area contributed by atoms with Gasteiger partial charge in [-0.05, 0) is 103 Å². The van der Waals surface area contributed by atoms with Gasteiger partial charge in [0.2, 0.25) is 0 Å². The average Bonchev–Trinajstić information content (AvgIpc) is 3.46. The predicted molar refractivity (Wildman–Crippen MR) is 392 cm³/mol. The van der Waals surface area contributed by atoms with Gasteiger partial charge in [-0.15, -0.1) is 0 Å². The minimum absolute atomic E-state index is 0.183. The van der Waals surface area contributed by atoms with Crippen LogP contribution in [0.15, 0.2) is 109 Å². The molecule has 0 heterocycles. The summed E-state index contributed by atoms with van der Waals surface area (Å²) >= 11 is 0. The summed E-state index contributed by atoms with van der Waals surface area (Å²) in [4.78, 5) is 37.7. The zero-order chi connectivity index (χ0) is 66.1. The lowest BCUT2D eigenvalue weighted by atomic mass is 10.0. The second kappa shape index (κ2) is 71.8. The van der Waals surface area contributed by atoms with E-state index in [1.54, 1.807) is 0 Å². The molecule has 0 radical (unpaired) electrons. The van der Waals surface area contributed by atoms with E-state index in [1.807, 2.05) is 21.1 Å². The predicted octanol–water partition coefficient (Wildman–Crippen LogP) is 24.1. The lowest BCUT2D eigenvalue weighted by Crippen LogP contribution is -2.40. The Labute approximate surface area is 562 Å². The monoisotopic (exact) mass is 1270 g/mol. The third-order valence-corrected chi connectivity index (χ3v) is 16.5. The van der Waals surface area contributed by atoms with E-state index >= 15 is 0 Å². The Morgan fingerprint density at radius 1 is 0.341 bits per heavy atom. The number of nitrogens with zero attached hydrogens (tertiary/aromatic N) is 1. The number of carboxylic acid groups (broad SMARTS) is 1. The van der Waals surface area contributed by atoms with E-state index in [0.717, 1.165) is 89.9 Å². The van der Waals surface area contributed by atoms with Gasteiger partial charge in [-0.1, -0.05) is 329 Å². The van der Waals surface area contributed by atoms with Gasteiger partial charge in [0.05, 0.1) is 34.4 Å². The molecule has 0 aliphatic carbocycles. The van der Waals surface area contributed by atoms with Crippen LogP contribution in [0.2, 0.25) is 0 Å². The number of allylic oxidation sites excluding steroid dienone is 18. The summed E-state index contributed by atoms with van der Waals surface area (Å²) in [7, 11) is 5.99. The molecular weight excluding hydrogens is 1130 g/mol. The van der Waals surface area contributed by atoms with Crippen LogP contribution in [0, 0.1) is 0 Å². The Bertz CT molecular complexity index is 1870. The number of quaternary nitrogens is 1. The van der Waals surface area contributed by atoms with Crippen LogP contribution in [0.4, 0.5) is 0 Å². The largest absolute Gasteiger partial charge is 0.477 e. The SMILES string of the molecule is CC/C=C\C/C=C\C/C=C\C/C=C\C/C=C\C/C=C\CCCCCCCCCCCCCCCCCCC(=O)OC(COC(=O)CCCCCCCCCCCCCCCCCC/C=C\C/C=C\C/C=C\CCCCCCC)COC(OCC[N+](C)(C)C)C(=O)O. The van der Waals surface area contributed by atoms with E-state index in [9.17, 15) is 19.5 Å². The molecule has 0 bridgehead atoms. The summed E-state index contributed by atoms with van der Waals surface area (Å²) < 4.78 is 23.0. The van der Waals surface area contributed by atoms with Gasteiger partial charge in [0.15, 0.2) is 6.10 Å². The van der Waals surface area contributed by atoms with Gasteiger partial charge < -0.3 is 28.5 Å². The molecular formula is C82H144NO8+. The molecule has 9 heteroatoms. The Hall–Kier alpha value is -4.05. The summed E-state index contributed by atoms with van der Waals surface area (Å²) in [5.74, 6) is -1.99. The number of carboxylic acids is 1. The van der Waals surface area contributed by atoms with Crippen molar-refractivity contribution in [2.75, 3.05) is 47.5 Å². The van der Waals surface area contributed by atoms with Crippen molar-refractivity contribution < 1.29 is 42.9 Å². The zero-order valence-electron chi connectivity index (χ0n) is 60.0. The first-order valence-electron chi connectivity index (χ1n) is 38.1. The molecule has 0 aromatic carbocycles. The summed E-state index contributed by atoms with van der Waals surface area (Å²) in [5, 5.41) is 9.77. The molecule has 0 aliphatic rings. The second-order valence-corrected chi connectivity index (χ2v) is 26.6. The highest BCUT2D eigenvalue weighted by atomic mass is 16.7. The number of rotatable bonds is 70. The molecule has 0 fully saturated rings. The van der Waals surface area contributed by atoms with Crippen molar-refractivity contribution in [1.29, 1.82) is 0 Å². The average molecular weight is 1270 g/mol. The number of unbranched alkanes of at least 4 members (excludes halogenated alkanes) is 37. The van der Waals surface area contributed by atoms with Crippen LogP contribution in [-0.4, -0.2) is 87.4 Å². The first-order valence-corrected chi connectivity index (χ1v) is 38.1. The molecule has 0 spiro atoms. The van der Waals surface area contributed by atoms with Crippen LogP contribution in [-0.2, 0) is 33.3 Å². The summed E-state index contributed by atoms with van der Waals surface area (Å²) in [6.07, 6.45) is 97.9. The Kier molecular flexibility index (Phi) is 68.6. The fraction of sp³-hybridized carbons (Fsp3) is 0.744. The highest BCUT2D eigenvalue weighted by Crippen LogP contribution is 2.18. The van der Waals surface area contributed by atoms with Crippen molar-refractivity contribution in [3.05, 3.63) is 109 Å². The molecule has 0 amide bonds. The molecule has 0 saturated heterocycles. The fourth-order valence-corrected chi connectivity index (χ4v) is 10.7. The normalized spacial score (nSPS) is 13.3. The lowest BCUT2D eigenvalue weighted by molar-refractivity contribution is -0.870. The van der Waals surface area contributed by atoms with Crippen molar-refractivity contribution in [1.82, 2.24) is 0 Å². The number of ether oxygens (including phenoxy) is 4. The highest BCUT2D eigenvalue weighted by Gasteiger charge is 2.25. The smallest absolute Gasteiger partial charge is 0.361 e. The molecule has 524 valence electrons. The Morgan fingerprint density at radius 2 is 0.626 bits per heavy atom. The molecule has 0 rings (SSSR count).